The number of rotatable bonds is 0. The average Bonchev–Trinajstić information content (AvgIpc) is 1.83. The van der Waals surface area contributed by atoms with Gasteiger partial charge in [0.2, 0.25) is 0 Å². The number of nitrogens with two attached hydrogens (primary N) is 1. The number of nitrogens with zero attached hydrogens (tertiary/aromatic N) is 2. The Labute approximate surface area is 70.0 Å². The molecule has 0 aliphatic carbocycles. The largest absolute Gasteiger partial charge is 0.395 e. The van der Waals surface area contributed by atoms with Crippen LogP contribution in [0.2, 0.25) is 5.15 Å². The van der Waals surface area contributed by atoms with Crippen LogP contribution < -0.4 is 5.73 Å². The van der Waals surface area contributed by atoms with Gasteiger partial charge in [-0.05, 0) is 6.92 Å². The predicted octanol–water partition coefficient (Wildman–Crippen LogP) is 1.44. The topological polar surface area (TPSA) is 51.8 Å². The van der Waals surface area contributed by atoms with Crippen molar-refractivity contribution in [2.45, 2.75) is 6.92 Å². The van der Waals surface area contributed by atoms with E-state index in [9.17, 15) is 0 Å². The van der Waals surface area contributed by atoms with Crippen molar-refractivity contribution >= 4 is 29.7 Å². The van der Waals surface area contributed by atoms with E-state index in [4.69, 9.17) is 17.3 Å². The maximum absolute atomic E-state index is 5.54. The van der Waals surface area contributed by atoms with Crippen molar-refractivity contribution < 1.29 is 0 Å². The highest BCUT2D eigenvalue weighted by molar-refractivity contribution is 6.31. The van der Waals surface area contributed by atoms with E-state index in [1.54, 1.807) is 6.92 Å². The lowest BCUT2D eigenvalue weighted by atomic mass is 10.4. The van der Waals surface area contributed by atoms with Crippen molar-refractivity contribution in [1.29, 1.82) is 0 Å². The Balaban J connectivity index is 0.000000810. The number of nitrogen functional groups attached to an aromatic ring is 1. The molecule has 1 rings (SSSR count). The first-order valence-corrected chi connectivity index (χ1v) is 2.82. The van der Waals surface area contributed by atoms with Gasteiger partial charge in [0.1, 0.15) is 6.33 Å². The zero-order valence-corrected chi connectivity index (χ0v) is 6.91. The van der Waals surface area contributed by atoms with Crippen LogP contribution in [0.25, 0.3) is 0 Å². The molecule has 0 aromatic carbocycles. The van der Waals surface area contributed by atoms with Crippen LogP contribution >= 0.6 is 24.0 Å². The standard InChI is InChI=1S/C5H6ClN3.ClH/c1-3-4(7)5(6)9-2-8-3;/h2H,7H2,1H3;1H. The molecule has 0 saturated carbocycles. The third kappa shape index (κ3) is 1.72. The fraction of sp³-hybridized carbons (Fsp3) is 0.200. The molecule has 0 spiro atoms. The fourth-order valence-corrected chi connectivity index (χ4v) is 0.635. The smallest absolute Gasteiger partial charge is 0.155 e. The maximum atomic E-state index is 5.54. The molecule has 3 nitrogen and oxygen atoms in total. The van der Waals surface area contributed by atoms with Gasteiger partial charge in [-0.3, -0.25) is 0 Å². The van der Waals surface area contributed by atoms with E-state index >= 15 is 0 Å². The number of hydrogen-bond acceptors (Lipinski definition) is 3. The van der Waals surface area contributed by atoms with E-state index < -0.39 is 0 Å². The second-order valence-electron chi connectivity index (χ2n) is 1.66. The van der Waals surface area contributed by atoms with Gasteiger partial charge < -0.3 is 5.73 Å². The Bertz CT molecular complexity index is 206. The molecule has 0 aliphatic rings. The van der Waals surface area contributed by atoms with Crippen molar-refractivity contribution in [3.63, 3.8) is 0 Å². The van der Waals surface area contributed by atoms with Crippen molar-refractivity contribution in [3.8, 4) is 0 Å². The first kappa shape index (κ1) is 9.46. The highest BCUT2D eigenvalue weighted by atomic mass is 35.5. The summed E-state index contributed by atoms with van der Waals surface area (Å²) in [5.74, 6) is 0. The van der Waals surface area contributed by atoms with Gasteiger partial charge in [0, 0.05) is 0 Å². The maximum Gasteiger partial charge on any atom is 0.155 e. The van der Waals surface area contributed by atoms with Crippen LogP contribution in [0.3, 0.4) is 0 Å². The summed E-state index contributed by atoms with van der Waals surface area (Å²) < 4.78 is 0. The van der Waals surface area contributed by atoms with Crippen molar-refractivity contribution in [2.24, 2.45) is 0 Å². The van der Waals surface area contributed by atoms with Gasteiger partial charge in [-0.2, -0.15) is 0 Å². The van der Waals surface area contributed by atoms with Crippen LogP contribution in [-0.4, -0.2) is 9.97 Å². The number of halogens is 2. The lowest BCUT2D eigenvalue weighted by Gasteiger charge is -1.96. The molecule has 0 saturated heterocycles. The van der Waals surface area contributed by atoms with E-state index in [0.717, 1.165) is 5.69 Å². The molecule has 1 aromatic heterocycles. The summed E-state index contributed by atoms with van der Waals surface area (Å²) in [4.78, 5) is 7.49. The Kier molecular flexibility index (Phi) is 3.39. The minimum Gasteiger partial charge on any atom is -0.395 e. The lowest BCUT2D eigenvalue weighted by molar-refractivity contribution is 1.11. The molecule has 5 heteroatoms. The van der Waals surface area contributed by atoms with Crippen LogP contribution in [0.5, 0.6) is 0 Å². The van der Waals surface area contributed by atoms with E-state index in [1.165, 1.54) is 6.33 Å². The molecule has 0 fully saturated rings. The summed E-state index contributed by atoms with van der Waals surface area (Å²) in [7, 11) is 0. The van der Waals surface area contributed by atoms with Gasteiger partial charge >= 0.3 is 0 Å². The fourth-order valence-electron chi connectivity index (χ4n) is 0.455. The SMILES string of the molecule is Cc1ncnc(Cl)c1N.Cl. The van der Waals surface area contributed by atoms with Gasteiger partial charge in [-0.15, -0.1) is 12.4 Å². The van der Waals surface area contributed by atoms with Crippen molar-refractivity contribution in [2.75, 3.05) is 5.73 Å². The molecule has 1 aromatic rings. The van der Waals surface area contributed by atoms with Crippen molar-refractivity contribution in [3.05, 3.63) is 17.2 Å². The molecule has 56 valence electrons. The minimum absolute atomic E-state index is 0. The Morgan fingerprint density at radius 1 is 1.50 bits per heavy atom. The van der Waals surface area contributed by atoms with Gasteiger partial charge in [-0.1, -0.05) is 11.6 Å². The molecule has 0 atom stereocenters. The van der Waals surface area contributed by atoms with E-state index in [-0.39, 0.29) is 12.4 Å². The van der Waals surface area contributed by atoms with E-state index in [0.29, 0.717) is 10.8 Å². The molecule has 0 radical (unpaired) electrons. The summed E-state index contributed by atoms with van der Waals surface area (Å²) in [5.41, 5.74) is 6.60. The van der Waals surface area contributed by atoms with Gasteiger partial charge in [0.25, 0.3) is 0 Å². The number of anilines is 1. The summed E-state index contributed by atoms with van der Waals surface area (Å²) in [6.45, 7) is 1.78. The average molecular weight is 180 g/mol. The zero-order valence-electron chi connectivity index (χ0n) is 5.34. The third-order valence-electron chi connectivity index (χ3n) is 1.03. The van der Waals surface area contributed by atoms with Crippen LogP contribution in [0, 0.1) is 6.92 Å². The second kappa shape index (κ2) is 3.58. The van der Waals surface area contributed by atoms with Crippen LogP contribution in [0.4, 0.5) is 5.69 Å². The lowest BCUT2D eigenvalue weighted by Crippen LogP contribution is -1.94. The number of hydrogen-bond donors (Lipinski definition) is 1. The monoisotopic (exact) mass is 179 g/mol. The van der Waals surface area contributed by atoms with Crippen LogP contribution in [-0.2, 0) is 0 Å². The van der Waals surface area contributed by atoms with Crippen molar-refractivity contribution in [1.82, 2.24) is 9.97 Å². The quantitative estimate of drug-likeness (QED) is 0.614. The molecule has 1 heterocycles. The summed E-state index contributed by atoms with van der Waals surface area (Å²) in [5, 5.41) is 0.322. The number of aromatic nitrogens is 2. The van der Waals surface area contributed by atoms with E-state index in [2.05, 4.69) is 9.97 Å². The Hall–Kier alpha value is -0.540. The first-order valence-electron chi connectivity index (χ1n) is 2.44. The van der Waals surface area contributed by atoms with Crippen LogP contribution in [0.1, 0.15) is 5.69 Å². The zero-order chi connectivity index (χ0) is 6.85. The number of aryl methyl sites for hydroxylation is 1. The molecule has 0 amide bonds. The molecule has 0 unspecified atom stereocenters. The summed E-state index contributed by atoms with van der Waals surface area (Å²) in [6.07, 6.45) is 1.38. The minimum atomic E-state index is 0. The van der Waals surface area contributed by atoms with E-state index in [1.807, 2.05) is 0 Å². The highest BCUT2D eigenvalue weighted by Gasteiger charge is 1.98. The molecular weight excluding hydrogens is 173 g/mol. The molecule has 0 bridgehead atoms. The predicted molar refractivity (Wildman–Crippen MR) is 43.4 cm³/mol. The first-order chi connectivity index (χ1) is 4.22. The third-order valence-corrected chi connectivity index (χ3v) is 1.34. The summed E-state index contributed by atoms with van der Waals surface area (Å²) in [6, 6.07) is 0. The molecular formula is C5H7Cl2N3. The van der Waals surface area contributed by atoms with Crippen LogP contribution in [0.15, 0.2) is 6.33 Å². The Morgan fingerprint density at radius 2 is 2.10 bits per heavy atom. The second-order valence-corrected chi connectivity index (χ2v) is 2.02. The Morgan fingerprint density at radius 3 is 2.50 bits per heavy atom. The molecule has 2 N–H and O–H groups in total. The summed E-state index contributed by atoms with van der Waals surface area (Å²) >= 11 is 5.54. The highest BCUT2D eigenvalue weighted by Crippen LogP contribution is 2.15. The van der Waals surface area contributed by atoms with Gasteiger partial charge in [0.15, 0.2) is 5.15 Å². The normalized spacial score (nSPS) is 8.60. The molecule has 0 aliphatic heterocycles. The van der Waals surface area contributed by atoms with Gasteiger partial charge in [-0.25, -0.2) is 9.97 Å². The molecule has 10 heavy (non-hydrogen) atoms. The van der Waals surface area contributed by atoms with Gasteiger partial charge in [0.05, 0.1) is 11.4 Å².